The van der Waals surface area contributed by atoms with Gasteiger partial charge < -0.3 is 20.1 Å². The van der Waals surface area contributed by atoms with Crippen LogP contribution in [0.3, 0.4) is 0 Å². The van der Waals surface area contributed by atoms with Gasteiger partial charge in [-0.1, -0.05) is 32.4 Å². The number of hydrogen-bond donors (Lipinski definition) is 2. The van der Waals surface area contributed by atoms with Gasteiger partial charge in [0.25, 0.3) is 5.91 Å². The molecular formula is C18H29N2O5P. The van der Waals surface area contributed by atoms with E-state index in [1.807, 2.05) is 13.8 Å². The van der Waals surface area contributed by atoms with Crippen LogP contribution in [-0.2, 0) is 24.6 Å². The van der Waals surface area contributed by atoms with Crippen LogP contribution in [0.15, 0.2) is 24.3 Å². The van der Waals surface area contributed by atoms with E-state index in [0.29, 0.717) is 18.8 Å². The van der Waals surface area contributed by atoms with Gasteiger partial charge in [0.05, 0.1) is 19.4 Å². The van der Waals surface area contributed by atoms with Gasteiger partial charge in [0, 0.05) is 5.56 Å². The molecule has 0 heterocycles. The van der Waals surface area contributed by atoms with E-state index in [-0.39, 0.29) is 18.0 Å². The second kappa shape index (κ2) is 10.5. The molecule has 0 unspecified atom stereocenters. The van der Waals surface area contributed by atoms with Gasteiger partial charge in [0.15, 0.2) is 0 Å². The maximum Gasteiger partial charge on any atom is 0.335 e. The van der Waals surface area contributed by atoms with Crippen molar-refractivity contribution < 1.29 is 23.2 Å². The number of nitrogens with two attached hydrogens (primary N) is 1. The fourth-order valence-electron chi connectivity index (χ4n) is 2.46. The SMILES string of the molecule is CCOP(=O)(Cc1ccc(C(=O)N[C@@H](C(N)=O)[C@@H](C)CC)cc1)OCC. The summed E-state index contributed by atoms with van der Waals surface area (Å²) >= 11 is 0. The summed E-state index contributed by atoms with van der Waals surface area (Å²) in [6, 6.07) is 5.90. The molecule has 0 aliphatic heterocycles. The molecule has 1 aromatic carbocycles. The average Bonchev–Trinajstić information content (AvgIpc) is 2.59. The maximum absolute atomic E-state index is 12.6. The van der Waals surface area contributed by atoms with Crippen molar-refractivity contribution in [3.63, 3.8) is 0 Å². The number of carbonyl (C=O) groups is 2. The number of rotatable bonds is 11. The molecule has 0 aromatic heterocycles. The Hall–Kier alpha value is -1.69. The molecule has 8 heteroatoms. The molecule has 1 rings (SSSR count). The summed E-state index contributed by atoms with van der Waals surface area (Å²) in [6.07, 6.45) is 0.852. The van der Waals surface area contributed by atoms with Crippen LogP contribution in [0.2, 0.25) is 0 Å². The van der Waals surface area contributed by atoms with Gasteiger partial charge in [-0.25, -0.2) is 0 Å². The van der Waals surface area contributed by atoms with Crippen LogP contribution < -0.4 is 11.1 Å². The zero-order valence-corrected chi connectivity index (χ0v) is 16.8. The summed E-state index contributed by atoms with van der Waals surface area (Å²) in [4.78, 5) is 23.9. The molecular weight excluding hydrogens is 355 g/mol. The zero-order valence-electron chi connectivity index (χ0n) is 15.9. The van der Waals surface area contributed by atoms with Crippen LogP contribution >= 0.6 is 7.60 Å². The Labute approximate surface area is 155 Å². The molecule has 2 amide bonds. The molecule has 0 radical (unpaired) electrons. The summed E-state index contributed by atoms with van der Waals surface area (Å²) in [6.45, 7) is 7.88. The molecule has 0 aliphatic rings. The Kier molecular flexibility index (Phi) is 8.99. The van der Waals surface area contributed by atoms with Crippen molar-refractivity contribution in [2.45, 2.75) is 46.3 Å². The molecule has 0 saturated heterocycles. The molecule has 2 atom stereocenters. The fraction of sp³-hybridized carbons (Fsp3) is 0.556. The van der Waals surface area contributed by atoms with Crippen molar-refractivity contribution in [2.24, 2.45) is 11.7 Å². The van der Waals surface area contributed by atoms with E-state index in [0.717, 1.165) is 12.0 Å². The molecule has 1 aromatic rings. The second-order valence-corrected chi connectivity index (χ2v) is 8.09. The minimum Gasteiger partial charge on any atom is -0.368 e. The minimum atomic E-state index is -3.19. The van der Waals surface area contributed by atoms with Crippen LogP contribution in [-0.4, -0.2) is 31.1 Å². The lowest BCUT2D eigenvalue weighted by Gasteiger charge is -2.21. The topological polar surface area (TPSA) is 108 Å². The summed E-state index contributed by atoms with van der Waals surface area (Å²) < 4.78 is 23.1. The quantitative estimate of drug-likeness (QED) is 0.570. The highest BCUT2D eigenvalue weighted by atomic mass is 31.2. The molecule has 0 saturated carbocycles. The largest absolute Gasteiger partial charge is 0.368 e. The Balaban J connectivity index is 2.84. The lowest BCUT2D eigenvalue weighted by atomic mass is 9.98. The predicted molar refractivity (Wildman–Crippen MR) is 101 cm³/mol. The monoisotopic (exact) mass is 384 g/mol. The van der Waals surface area contributed by atoms with E-state index >= 15 is 0 Å². The van der Waals surface area contributed by atoms with E-state index < -0.39 is 19.5 Å². The highest BCUT2D eigenvalue weighted by Gasteiger charge is 2.25. The molecule has 7 nitrogen and oxygen atoms in total. The number of primary amides is 1. The van der Waals surface area contributed by atoms with Crippen molar-refractivity contribution in [1.29, 1.82) is 0 Å². The molecule has 0 fully saturated rings. The smallest absolute Gasteiger partial charge is 0.335 e. The zero-order chi connectivity index (χ0) is 19.7. The summed E-state index contributed by atoms with van der Waals surface area (Å²) in [5.74, 6) is -0.990. The van der Waals surface area contributed by atoms with Crippen LogP contribution in [0.4, 0.5) is 0 Å². The summed E-state index contributed by atoms with van der Waals surface area (Å²) in [5, 5.41) is 2.67. The van der Waals surface area contributed by atoms with Crippen molar-refractivity contribution in [2.75, 3.05) is 13.2 Å². The van der Waals surface area contributed by atoms with E-state index in [9.17, 15) is 14.2 Å². The first-order valence-corrected chi connectivity index (χ1v) is 10.6. The Bertz CT molecular complexity index is 637. The first-order chi connectivity index (χ1) is 12.3. The molecule has 0 bridgehead atoms. The van der Waals surface area contributed by atoms with Crippen molar-refractivity contribution in [3.05, 3.63) is 35.4 Å². The van der Waals surface area contributed by atoms with Gasteiger partial charge in [-0.3, -0.25) is 14.2 Å². The van der Waals surface area contributed by atoms with E-state index in [4.69, 9.17) is 14.8 Å². The lowest BCUT2D eigenvalue weighted by Crippen LogP contribution is -2.48. The second-order valence-electron chi connectivity index (χ2n) is 6.04. The third-order valence-electron chi connectivity index (χ3n) is 4.05. The van der Waals surface area contributed by atoms with E-state index in [1.165, 1.54) is 0 Å². The van der Waals surface area contributed by atoms with Crippen LogP contribution in [0.5, 0.6) is 0 Å². The standard InChI is InChI=1S/C18H29N2O5P/c1-5-13(4)16(17(19)21)20-18(22)15-10-8-14(9-11-15)12-26(23,24-6-2)25-7-3/h8-11,13,16H,5-7,12H2,1-4H3,(H2,19,21)(H,20,22)/t13-,16+/m0/s1. The van der Waals surface area contributed by atoms with Crippen molar-refractivity contribution >= 4 is 19.4 Å². The highest BCUT2D eigenvalue weighted by Crippen LogP contribution is 2.51. The van der Waals surface area contributed by atoms with Crippen LogP contribution in [0, 0.1) is 5.92 Å². The van der Waals surface area contributed by atoms with Gasteiger partial charge in [-0.2, -0.15) is 0 Å². The van der Waals surface area contributed by atoms with Crippen LogP contribution in [0.1, 0.15) is 50.0 Å². The molecule has 146 valence electrons. The maximum atomic E-state index is 12.6. The highest BCUT2D eigenvalue weighted by molar-refractivity contribution is 7.53. The van der Waals surface area contributed by atoms with Crippen LogP contribution in [0.25, 0.3) is 0 Å². The summed E-state index contributed by atoms with van der Waals surface area (Å²) in [5.41, 5.74) is 6.51. The molecule has 3 N–H and O–H groups in total. The van der Waals surface area contributed by atoms with Gasteiger partial charge in [0.1, 0.15) is 6.04 Å². The van der Waals surface area contributed by atoms with Crippen molar-refractivity contribution in [3.8, 4) is 0 Å². The minimum absolute atomic E-state index is 0.0565. The summed E-state index contributed by atoms with van der Waals surface area (Å²) in [7, 11) is -3.19. The van der Waals surface area contributed by atoms with Gasteiger partial charge in [-0.05, 0) is 37.5 Å². The van der Waals surface area contributed by atoms with Gasteiger partial charge in [-0.15, -0.1) is 0 Å². The Morgan fingerprint density at radius 2 is 1.65 bits per heavy atom. The number of nitrogens with one attached hydrogen (secondary N) is 1. The Morgan fingerprint density at radius 3 is 2.08 bits per heavy atom. The number of benzene rings is 1. The third kappa shape index (κ3) is 6.56. The number of hydrogen-bond acceptors (Lipinski definition) is 5. The van der Waals surface area contributed by atoms with E-state index in [2.05, 4.69) is 5.32 Å². The first kappa shape index (κ1) is 22.4. The Morgan fingerprint density at radius 1 is 1.12 bits per heavy atom. The fourth-order valence-corrected chi connectivity index (χ4v) is 4.16. The lowest BCUT2D eigenvalue weighted by molar-refractivity contribution is -0.120. The van der Waals surface area contributed by atoms with Crippen molar-refractivity contribution in [1.82, 2.24) is 5.32 Å². The number of amides is 2. The number of carbonyl (C=O) groups excluding carboxylic acids is 2. The third-order valence-corrected chi connectivity index (χ3v) is 6.11. The molecule has 0 spiro atoms. The predicted octanol–water partition coefficient (Wildman–Crippen LogP) is 3.08. The first-order valence-electron chi connectivity index (χ1n) is 8.83. The average molecular weight is 384 g/mol. The van der Waals surface area contributed by atoms with E-state index in [1.54, 1.807) is 38.1 Å². The van der Waals surface area contributed by atoms with Gasteiger partial charge >= 0.3 is 7.60 Å². The van der Waals surface area contributed by atoms with Gasteiger partial charge in [0.2, 0.25) is 5.91 Å². The molecule has 26 heavy (non-hydrogen) atoms. The normalized spacial score (nSPS) is 13.8. The molecule has 0 aliphatic carbocycles.